The van der Waals surface area contributed by atoms with Crippen LogP contribution in [0, 0.1) is 0 Å². The summed E-state index contributed by atoms with van der Waals surface area (Å²) in [6.45, 7) is 10.3. The molecule has 1 aromatic rings. The molecule has 0 aliphatic carbocycles. The summed E-state index contributed by atoms with van der Waals surface area (Å²) >= 11 is 0. The Kier molecular flexibility index (Phi) is 7.41. The molecular formula is C16H27FO2Si. The minimum absolute atomic E-state index is 0.0917. The number of ether oxygens (including phenoxy) is 2. The zero-order chi connectivity index (χ0) is 15.0. The Morgan fingerprint density at radius 2 is 1.70 bits per heavy atom. The monoisotopic (exact) mass is 298 g/mol. The van der Waals surface area contributed by atoms with E-state index in [2.05, 4.69) is 26.9 Å². The summed E-state index contributed by atoms with van der Waals surface area (Å²) in [6.07, 6.45) is -1.05. The molecule has 0 amide bonds. The van der Waals surface area contributed by atoms with Crippen molar-refractivity contribution in [1.82, 2.24) is 0 Å². The number of hydrogen-bond donors (Lipinski definition) is 0. The van der Waals surface area contributed by atoms with Crippen molar-refractivity contribution in [2.24, 2.45) is 0 Å². The molecule has 0 aliphatic rings. The smallest absolute Gasteiger partial charge is 0.147 e. The van der Waals surface area contributed by atoms with Crippen LogP contribution in [-0.2, 0) is 16.1 Å². The first-order valence-electron chi connectivity index (χ1n) is 7.25. The molecule has 1 aromatic carbocycles. The topological polar surface area (TPSA) is 18.5 Å². The maximum atomic E-state index is 13.6. The average Bonchev–Trinajstić information content (AvgIpc) is 2.39. The molecule has 0 bridgehead atoms. The van der Waals surface area contributed by atoms with Gasteiger partial charge < -0.3 is 9.47 Å². The van der Waals surface area contributed by atoms with Crippen LogP contribution in [0.3, 0.4) is 0 Å². The predicted octanol–water partition coefficient (Wildman–Crippen LogP) is 3.82. The molecule has 1 rings (SSSR count). The molecule has 4 heteroatoms. The Bertz CT molecular complexity index is 368. The number of halogens is 1. The summed E-state index contributed by atoms with van der Waals surface area (Å²) in [7, 11) is -0.785. The van der Waals surface area contributed by atoms with Gasteiger partial charge in [0.25, 0.3) is 0 Å². The lowest BCUT2D eigenvalue weighted by atomic mass is 10.2. The molecule has 0 fully saturated rings. The van der Waals surface area contributed by atoms with Crippen molar-refractivity contribution >= 4 is 8.80 Å². The number of rotatable bonds is 9. The Morgan fingerprint density at radius 1 is 1.10 bits per heavy atom. The van der Waals surface area contributed by atoms with E-state index in [0.717, 1.165) is 5.56 Å². The van der Waals surface area contributed by atoms with Crippen LogP contribution < -0.4 is 0 Å². The van der Waals surface area contributed by atoms with Crippen molar-refractivity contribution in [2.45, 2.75) is 44.8 Å². The van der Waals surface area contributed by atoms with Gasteiger partial charge in [0.1, 0.15) is 6.17 Å². The van der Waals surface area contributed by atoms with Gasteiger partial charge in [-0.2, -0.15) is 0 Å². The van der Waals surface area contributed by atoms with Gasteiger partial charge in [-0.05, 0) is 10.6 Å². The summed E-state index contributed by atoms with van der Waals surface area (Å²) < 4.78 is 24.5. The standard InChI is InChI=1S/C16H27FO2Si/c1-16(2,20(3)4)13-19-12-15(17)11-18-10-14-8-6-5-7-9-14/h5-9,15,20H,10-13H2,1-4H3/t15-/m0/s1. The van der Waals surface area contributed by atoms with Crippen LogP contribution in [0.4, 0.5) is 4.39 Å². The second kappa shape index (κ2) is 8.55. The molecular weight excluding hydrogens is 271 g/mol. The van der Waals surface area contributed by atoms with Crippen molar-refractivity contribution in [3.8, 4) is 0 Å². The fraction of sp³-hybridized carbons (Fsp3) is 0.625. The number of benzene rings is 1. The lowest BCUT2D eigenvalue weighted by Crippen LogP contribution is -2.28. The minimum Gasteiger partial charge on any atom is -0.378 e. The molecule has 20 heavy (non-hydrogen) atoms. The average molecular weight is 298 g/mol. The van der Waals surface area contributed by atoms with E-state index in [4.69, 9.17) is 9.47 Å². The molecule has 0 N–H and O–H groups in total. The van der Waals surface area contributed by atoms with Crippen LogP contribution in [0.25, 0.3) is 0 Å². The molecule has 2 nitrogen and oxygen atoms in total. The van der Waals surface area contributed by atoms with Crippen LogP contribution in [0.15, 0.2) is 30.3 Å². The predicted molar refractivity (Wildman–Crippen MR) is 84.7 cm³/mol. The van der Waals surface area contributed by atoms with Crippen molar-refractivity contribution in [2.75, 3.05) is 19.8 Å². The van der Waals surface area contributed by atoms with Gasteiger partial charge in [0.2, 0.25) is 0 Å². The second-order valence-electron chi connectivity index (χ2n) is 6.26. The molecule has 0 aliphatic heterocycles. The first-order chi connectivity index (χ1) is 9.42. The van der Waals surface area contributed by atoms with E-state index in [9.17, 15) is 4.39 Å². The third kappa shape index (κ3) is 6.64. The fourth-order valence-corrected chi connectivity index (χ4v) is 1.99. The normalized spacial score (nSPS) is 13.7. The summed E-state index contributed by atoms with van der Waals surface area (Å²) in [6, 6.07) is 9.80. The highest BCUT2D eigenvalue weighted by molar-refractivity contribution is 6.59. The number of alkyl halides is 1. The first-order valence-corrected chi connectivity index (χ1v) is 10.1. The van der Waals surface area contributed by atoms with Crippen LogP contribution >= 0.6 is 0 Å². The molecule has 1 atom stereocenters. The maximum absolute atomic E-state index is 13.6. The zero-order valence-electron chi connectivity index (χ0n) is 13.1. The Labute approximate surface area is 123 Å². The van der Waals surface area contributed by atoms with Crippen molar-refractivity contribution in [3.05, 3.63) is 35.9 Å². The summed E-state index contributed by atoms with van der Waals surface area (Å²) in [5, 5.41) is 0.213. The third-order valence-electron chi connectivity index (χ3n) is 3.75. The van der Waals surface area contributed by atoms with Gasteiger partial charge in [0.15, 0.2) is 0 Å². The lowest BCUT2D eigenvalue weighted by Gasteiger charge is -2.28. The lowest BCUT2D eigenvalue weighted by molar-refractivity contribution is 0.0105. The van der Waals surface area contributed by atoms with Crippen molar-refractivity contribution in [3.63, 3.8) is 0 Å². The van der Waals surface area contributed by atoms with Crippen LogP contribution in [0.1, 0.15) is 19.4 Å². The fourth-order valence-electron chi connectivity index (χ4n) is 1.54. The van der Waals surface area contributed by atoms with Gasteiger partial charge in [-0.1, -0.05) is 57.3 Å². The van der Waals surface area contributed by atoms with Gasteiger partial charge in [-0.3, -0.25) is 0 Å². The van der Waals surface area contributed by atoms with Gasteiger partial charge in [0, 0.05) is 15.4 Å². The van der Waals surface area contributed by atoms with E-state index in [-0.39, 0.29) is 18.3 Å². The van der Waals surface area contributed by atoms with Crippen molar-refractivity contribution in [1.29, 1.82) is 0 Å². The molecule has 0 saturated heterocycles. The van der Waals surface area contributed by atoms with E-state index in [1.54, 1.807) is 0 Å². The maximum Gasteiger partial charge on any atom is 0.147 e. The molecule has 0 saturated carbocycles. The molecule has 0 unspecified atom stereocenters. The second-order valence-corrected chi connectivity index (χ2v) is 10.1. The molecule has 0 aromatic heterocycles. The van der Waals surface area contributed by atoms with E-state index in [1.165, 1.54) is 0 Å². The van der Waals surface area contributed by atoms with E-state index < -0.39 is 15.0 Å². The van der Waals surface area contributed by atoms with E-state index >= 15 is 0 Å². The van der Waals surface area contributed by atoms with Crippen molar-refractivity contribution < 1.29 is 13.9 Å². The highest BCUT2D eigenvalue weighted by Gasteiger charge is 2.24. The highest BCUT2D eigenvalue weighted by Crippen LogP contribution is 2.28. The first kappa shape index (κ1) is 17.3. The van der Waals surface area contributed by atoms with Crippen LogP contribution in [0.5, 0.6) is 0 Å². The van der Waals surface area contributed by atoms with Gasteiger partial charge in [-0.25, -0.2) is 4.39 Å². The summed E-state index contributed by atoms with van der Waals surface area (Å²) in [5.74, 6) is 0. The van der Waals surface area contributed by atoms with E-state index in [1.807, 2.05) is 30.3 Å². The van der Waals surface area contributed by atoms with Crippen LogP contribution in [0.2, 0.25) is 18.1 Å². The van der Waals surface area contributed by atoms with Gasteiger partial charge in [-0.15, -0.1) is 0 Å². The summed E-state index contributed by atoms with van der Waals surface area (Å²) in [5.41, 5.74) is 1.06. The molecule has 0 heterocycles. The van der Waals surface area contributed by atoms with Gasteiger partial charge >= 0.3 is 0 Å². The Morgan fingerprint density at radius 3 is 2.30 bits per heavy atom. The number of hydrogen-bond acceptors (Lipinski definition) is 2. The SMILES string of the molecule is C[SiH](C)C(C)(C)COC[C@@H](F)COCc1ccccc1. The largest absolute Gasteiger partial charge is 0.378 e. The van der Waals surface area contributed by atoms with E-state index in [0.29, 0.717) is 13.2 Å². The Hall–Kier alpha value is -0.713. The molecule has 114 valence electrons. The third-order valence-corrected chi connectivity index (χ3v) is 7.04. The molecule has 0 radical (unpaired) electrons. The molecule has 0 spiro atoms. The quantitative estimate of drug-likeness (QED) is 0.645. The minimum atomic E-state index is -1.05. The van der Waals surface area contributed by atoms with Crippen LogP contribution in [-0.4, -0.2) is 34.8 Å². The highest BCUT2D eigenvalue weighted by atomic mass is 28.3. The Balaban J connectivity index is 2.13. The summed E-state index contributed by atoms with van der Waals surface area (Å²) in [4.78, 5) is 0. The van der Waals surface area contributed by atoms with Gasteiger partial charge in [0.05, 0.1) is 19.8 Å². The zero-order valence-corrected chi connectivity index (χ0v) is 14.2.